The predicted molar refractivity (Wildman–Crippen MR) is 119 cm³/mol. The molecule has 7 nitrogen and oxygen atoms in total. The van der Waals surface area contributed by atoms with Crippen molar-refractivity contribution in [2.75, 3.05) is 13.7 Å². The summed E-state index contributed by atoms with van der Waals surface area (Å²) in [5.41, 5.74) is 1.74. The first-order chi connectivity index (χ1) is 15.3. The fourth-order valence-corrected chi connectivity index (χ4v) is 3.85. The number of aliphatic hydroxyl groups is 1. The molecule has 3 rings (SSSR count). The van der Waals surface area contributed by atoms with Crippen LogP contribution >= 0.6 is 0 Å². The van der Waals surface area contributed by atoms with Crippen LogP contribution in [-0.2, 0) is 14.4 Å². The van der Waals surface area contributed by atoms with Crippen molar-refractivity contribution < 1.29 is 29.0 Å². The van der Waals surface area contributed by atoms with Gasteiger partial charge in [0.25, 0.3) is 11.7 Å². The number of methoxy groups -OCH3 is 1. The van der Waals surface area contributed by atoms with E-state index in [-0.39, 0.29) is 11.3 Å². The molecule has 168 valence electrons. The Hall–Kier alpha value is -3.61. The Morgan fingerprint density at radius 2 is 1.91 bits per heavy atom. The van der Waals surface area contributed by atoms with Crippen molar-refractivity contribution >= 4 is 23.4 Å². The fraction of sp³-hybridized carbons (Fsp3) is 0.320. The van der Waals surface area contributed by atoms with E-state index in [1.54, 1.807) is 36.4 Å². The van der Waals surface area contributed by atoms with Crippen molar-refractivity contribution in [2.24, 2.45) is 0 Å². The third kappa shape index (κ3) is 4.51. The van der Waals surface area contributed by atoms with Crippen LogP contribution in [0.2, 0.25) is 0 Å². The number of carbonyl (C=O) groups is 3. The fourth-order valence-electron chi connectivity index (χ4n) is 3.85. The largest absolute Gasteiger partial charge is 0.507 e. The van der Waals surface area contributed by atoms with E-state index in [0.29, 0.717) is 35.6 Å². The summed E-state index contributed by atoms with van der Waals surface area (Å²) in [6.07, 6.45) is 1.52. The average molecular weight is 437 g/mol. The van der Waals surface area contributed by atoms with Crippen LogP contribution < -0.4 is 9.47 Å². The van der Waals surface area contributed by atoms with E-state index in [2.05, 4.69) is 0 Å². The molecule has 1 aliphatic rings. The summed E-state index contributed by atoms with van der Waals surface area (Å²) in [5.74, 6) is -1.53. The van der Waals surface area contributed by atoms with E-state index in [1.807, 2.05) is 19.9 Å². The molecule has 0 aliphatic carbocycles. The summed E-state index contributed by atoms with van der Waals surface area (Å²) in [4.78, 5) is 38.9. The highest BCUT2D eigenvalue weighted by atomic mass is 16.5. The SMILES string of the molecule is CCCCN1C(=O)C(=O)/C(=C(/O)c2cc(C)ccc2OC)C1c1cccc(OC(C)=O)c1. The van der Waals surface area contributed by atoms with Crippen molar-refractivity contribution in [3.63, 3.8) is 0 Å². The lowest BCUT2D eigenvalue weighted by Crippen LogP contribution is -2.30. The molecule has 0 bridgehead atoms. The molecule has 0 spiro atoms. The van der Waals surface area contributed by atoms with Gasteiger partial charge in [0.15, 0.2) is 0 Å². The number of nitrogens with zero attached hydrogens (tertiary/aromatic N) is 1. The number of aliphatic hydroxyl groups excluding tert-OH is 1. The maximum atomic E-state index is 13.1. The highest BCUT2D eigenvalue weighted by Crippen LogP contribution is 2.41. The van der Waals surface area contributed by atoms with Crippen LogP contribution in [0.15, 0.2) is 48.0 Å². The number of aryl methyl sites for hydroxylation is 1. The van der Waals surface area contributed by atoms with Gasteiger partial charge in [0.2, 0.25) is 0 Å². The lowest BCUT2D eigenvalue weighted by Gasteiger charge is -2.25. The molecule has 1 saturated heterocycles. The Kier molecular flexibility index (Phi) is 6.98. The zero-order valence-electron chi connectivity index (χ0n) is 18.7. The zero-order chi connectivity index (χ0) is 23.4. The van der Waals surface area contributed by atoms with Gasteiger partial charge in [-0.25, -0.2) is 0 Å². The molecule has 1 heterocycles. The van der Waals surface area contributed by atoms with E-state index >= 15 is 0 Å². The number of esters is 1. The number of ether oxygens (including phenoxy) is 2. The van der Waals surface area contributed by atoms with Crippen LogP contribution in [0.1, 0.15) is 49.4 Å². The van der Waals surface area contributed by atoms with Gasteiger partial charge in [-0.1, -0.05) is 37.1 Å². The van der Waals surface area contributed by atoms with Gasteiger partial charge in [0.05, 0.1) is 24.3 Å². The molecule has 1 unspecified atom stereocenters. The Morgan fingerprint density at radius 3 is 2.56 bits per heavy atom. The smallest absolute Gasteiger partial charge is 0.308 e. The van der Waals surface area contributed by atoms with E-state index < -0.39 is 23.7 Å². The molecule has 2 aromatic carbocycles. The van der Waals surface area contributed by atoms with Crippen molar-refractivity contribution in [2.45, 2.75) is 39.7 Å². The molecule has 32 heavy (non-hydrogen) atoms. The maximum Gasteiger partial charge on any atom is 0.308 e. The van der Waals surface area contributed by atoms with E-state index in [1.165, 1.54) is 18.9 Å². The first kappa shape index (κ1) is 23.1. The van der Waals surface area contributed by atoms with Gasteiger partial charge in [-0.2, -0.15) is 0 Å². The van der Waals surface area contributed by atoms with E-state index in [0.717, 1.165) is 12.0 Å². The van der Waals surface area contributed by atoms with E-state index in [4.69, 9.17) is 9.47 Å². The Bertz CT molecular complexity index is 1090. The molecule has 2 aromatic rings. The highest BCUT2D eigenvalue weighted by Gasteiger charge is 2.46. The van der Waals surface area contributed by atoms with Crippen LogP contribution in [0, 0.1) is 6.92 Å². The number of likely N-dealkylation sites (tertiary alicyclic amines) is 1. The van der Waals surface area contributed by atoms with Crippen molar-refractivity contribution in [1.82, 2.24) is 4.90 Å². The predicted octanol–water partition coefficient (Wildman–Crippen LogP) is 4.15. The van der Waals surface area contributed by atoms with Crippen LogP contribution in [0.25, 0.3) is 5.76 Å². The Labute approximate surface area is 187 Å². The third-order valence-corrected chi connectivity index (χ3v) is 5.34. The molecule has 1 fully saturated rings. The average Bonchev–Trinajstić information content (AvgIpc) is 3.01. The molecular formula is C25H27NO6. The third-order valence-electron chi connectivity index (χ3n) is 5.34. The molecule has 7 heteroatoms. The highest BCUT2D eigenvalue weighted by molar-refractivity contribution is 6.46. The molecule has 1 atom stereocenters. The second-order valence-electron chi connectivity index (χ2n) is 7.72. The minimum atomic E-state index is -0.817. The molecule has 1 aliphatic heterocycles. The number of hydrogen-bond donors (Lipinski definition) is 1. The van der Waals surface area contributed by atoms with Gasteiger partial charge in [-0.05, 0) is 43.2 Å². The van der Waals surface area contributed by atoms with Gasteiger partial charge in [0, 0.05) is 13.5 Å². The number of ketones is 1. The topological polar surface area (TPSA) is 93.1 Å². The lowest BCUT2D eigenvalue weighted by atomic mass is 9.94. The number of unbranched alkanes of at least 4 members (excludes halogenated alkanes) is 1. The van der Waals surface area contributed by atoms with Crippen molar-refractivity contribution in [1.29, 1.82) is 0 Å². The minimum Gasteiger partial charge on any atom is -0.507 e. The molecule has 0 aromatic heterocycles. The number of rotatable bonds is 7. The van der Waals surface area contributed by atoms with E-state index in [9.17, 15) is 19.5 Å². The quantitative estimate of drug-likeness (QED) is 0.230. The molecule has 1 N–H and O–H groups in total. The summed E-state index contributed by atoms with van der Waals surface area (Å²) in [5, 5.41) is 11.2. The second kappa shape index (κ2) is 9.68. The van der Waals surface area contributed by atoms with Gasteiger partial charge in [0.1, 0.15) is 17.3 Å². The van der Waals surface area contributed by atoms with Crippen LogP contribution in [0.4, 0.5) is 0 Å². The second-order valence-corrected chi connectivity index (χ2v) is 7.72. The lowest BCUT2D eigenvalue weighted by molar-refractivity contribution is -0.139. The first-order valence-corrected chi connectivity index (χ1v) is 10.5. The zero-order valence-corrected chi connectivity index (χ0v) is 18.7. The van der Waals surface area contributed by atoms with Crippen molar-refractivity contribution in [3.8, 4) is 11.5 Å². The molecule has 0 radical (unpaired) electrons. The maximum absolute atomic E-state index is 13.1. The number of benzene rings is 2. The van der Waals surface area contributed by atoms with Gasteiger partial charge in [-0.15, -0.1) is 0 Å². The number of hydrogen-bond acceptors (Lipinski definition) is 6. The first-order valence-electron chi connectivity index (χ1n) is 10.5. The molecule has 1 amide bonds. The van der Waals surface area contributed by atoms with Crippen molar-refractivity contribution in [3.05, 3.63) is 64.7 Å². The number of carbonyl (C=O) groups excluding carboxylic acids is 3. The summed E-state index contributed by atoms with van der Waals surface area (Å²) in [6.45, 7) is 5.50. The Balaban J connectivity index is 2.22. The van der Waals surface area contributed by atoms with Gasteiger partial charge < -0.3 is 19.5 Å². The monoisotopic (exact) mass is 437 g/mol. The normalized spacial score (nSPS) is 17.5. The Morgan fingerprint density at radius 1 is 1.16 bits per heavy atom. The molecular weight excluding hydrogens is 410 g/mol. The summed E-state index contributed by atoms with van der Waals surface area (Å²) in [6, 6.07) is 11.1. The van der Waals surface area contributed by atoms with Crippen LogP contribution in [0.3, 0.4) is 0 Å². The number of Topliss-reactive ketones (excluding diaryl/α,β-unsaturated/α-hetero) is 1. The summed E-state index contributed by atoms with van der Waals surface area (Å²) in [7, 11) is 1.47. The van der Waals surface area contributed by atoms with Gasteiger partial charge >= 0.3 is 5.97 Å². The standard InChI is InChI=1S/C25H27NO6/c1-5-6-12-26-22(17-8-7-9-18(14-17)32-16(3)27)21(24(29)25(26)30)23(28)19-13-15(2)10-11-20(19)31-4/h7-11,13-14,22,28H,5-6,12H2,1-4H3/b23-21+. The van der Waals surface area contributed by atoms with Gasteiger partial charge in [-0.3, -0.25) is 14.4 Å². The van der Waals surface area contributed by atoms with Crippen LogP contribution in [0.5, 0.6) is 11.5 Å². The summed E-state index contributed by atoms with van der Waals surface area (Å²) >= 11 is 0. The van der Waals surface area contributed by atoms with Crippen LogP contribution in [-0.4, -0.2) is 41.3 Å². The number of amides is 1. The molecule has 0 saturated carbocycles. The minimum absolute atomic E-state index is 0.0185. The summed E-state index contributed by atoms with van der Waals surface area (Å²) < 4.78 is 10.6.